The smallest absolute Gasteiger partial charge is 0.231 e. The molecule has 3 rings (SSSR count). The number of piperidine rings is 1. The van der Waals surface area contributed by atoms with E-state index in [2.05, 4.69) is 37.3 Å². The van der Waals surface area contributed by atoms with Crippen molar-refractivity contribution in [1.29, 1.82) is 0 Å². The summed E-state index contributed by atoms with van der Waals surface area (Å²) in [5, 5.41) is 12.6. The molecule has 0 radical (unpaired) electrons. The Labute approximate surface area is 139 Å². The molecule has 1 N–H and O–H groups in total. The molecule has 1 aliphatic heterocycles. The monoisotopic (exact) mass is 332 g/mol. The average Bonchev–Trinajstić information content (AvgIpc) is 3.03. The minimum Gasteiger partial charge on any atom is -0.355 e. The Kier molecular flexibility index (Phi) is 5.12. The molecule has 1 saturated heterocycles. The first-order valence-corrected chi connectivity index (χ1v) is 8.72. The van der Waals surface area contributed by atoms with Crippen LogP contribution in [-0.2, 0) is 11.2 Å². The maximum absolute atomic E-state index is 12.5. The predicted molar refractivity (Wildman–Crippen MR) is 89.5 cm³/mol. The van der Waals surface area contributed by atoms with Gasteiger partial charge in [-0.2, -0.15) is 0 Å². The van der Waals surface area contributed by atoms with Crippen LogP contribution in [0.4, 0.5) is 10.9 Å². The van der Waals surface area contributed by atoms with Gasteiger partial charge in [0.25, 0.3) is 0 Å². The summed E-state index contributed by atoms with van der Waals surface area (Å²) in [5.41, 5.74) is 0. The summed E-state index contributed by atoms with van der Waals surface area (Å²) in [7, 11) is 0. The Morgan fingerprint density at radius 3 is 3.13 bits per heavy atom. The van der Waals surface area contributed by atoms with Crippen LogP contribution >= 0.6 is 11.3 Å². The largest absolute Gasteiger partial charge is 0.355 e. The summed E-state index contributed by atoms with van der Waals surface area (Å²) in [6.45, 7) is 3.66. The molecule has 2 aromatic rings. The van der Waals surface area contributed by atoms with Gasteiger partial charge < -0.3 is 10.2 Å². The van der Waals surface area contributed by atoms with Gasteiger partial charge in [-0.3, -0.25) is 9.78 Å². The number of hydrogen-bond acceptors (Lipinski definition) is 7. The molecule has 23 heavy (non-hydrogen) atoms. The molecule has 3 heterocycles. The summed E-state index contributed by atoms with van der Waals surface area (Å²) >= 11 is 1.46. The van der Waals surface area contributed by atoms with E-state index in [4.69, 9.17) is 0 Å². The van der Waals surface area contributed by atoms with Gasteiger partial charge in [-0.1, -0.05) is 18.3 Å². The second kappa shape index (κ2) is 7.45. The van der Waals surface area contributed by atoms with E-state index in [0.717, 1.165) is 43.1 Å². The van der Waals surface area contributed by atoms with Gasteiger partial charge in [0, 0.05) is 31.9 Å². The van der Waals surface area contributed by atoms with Crippen LogP contribution in [-0.4, -0.2) is 39.2 Å². The highest BCUT2D eigenvalue weighted by Crippen LogP contribution is 2.23. The fraction of sp³-hybridized carbons (Fsp3) is 0.533. The topological polar surface area (TPSA) is 83.9 Å². The molecule has 7 nitrogen and oxygen atoms in total. The summed E-state index contributed by atoms with van der Waals surface area (Å²) < 4.78 is 0. The Balaban J connectivity index is 1.60. The zero-order valence-electron chi connectivity index (χ0n) is 13.1. The van der Waals surface area contributed by atoms with Crippen molar-refractivity contribution in [2.24, 2.45) is 5.92 Å². The van der Waals surface area contributed by atoms with Crippen LogP contribution in [0.5, 0.6) is 0 Å². The van der Waals surface area contributed by atoms with E-state index >= 15 is 0 Å². The van der Waals surface area contributed by atoms with Crippen molar-refractivity contribution < 1.29 is 4.79 Å². The van der Waals surface area contributed by atoms with Crippen LogP contribution in [0.3, 0.4) is 0 Å². The third-order valence-corrected chi connectivity index (χ3v) is 4.73. The highest BCUT2D eigenvalue weighted by Gasteiger charge is 2.27. The van der Waals surface area contributed by atoms with Crippen molar-refractivity contribution in [3.63, 3.8) is 0 Å². The number of hydrogen-bond donors (Lipinski definition) is 1. The lowest BCUT2D eigenvalue weighted by Gasteiger charge is -2.32. The Morgan fingerprint density at radius 2 is 2.35 bits per heavy atom. The van der Waals surface area contributed by atoms with E-state index < -0.39 is 0 Å². The molecule has 2 aromatic heterocycles. The number of nitrogens with one attached hydrogen (secondary N) is 1. The normalized spacial score (nSPS) is 18.0. The van der Waals surface area contributed by atoms with E-state index in [1.807, 2.05) is 0 Å². The molecule has 0 aromatic carbocycles. The number of aromatic nitrogens is 4. The van der Waals surface area contributed by atoms with Gasteiger partial charge in [0.2, 0.25) is 11.0 Å². The maximum Gasteiger partial charge on any atom is 0.231 e. The van der Waals surface area contributed by atoms with E-state index in [-0.39, 0.29) is 11.8 Å². The van der Waals surface area contributed by atoms with Crippen molar-refractivity contribution in [2.75, 3.05) is 23.3 Å². The maximum atomic E-state index is 12.5. The van der Waals surface area contributed by atoms with Crippen LogP contribution in [0, 0.1) is 5.92 Å². The minimum atomic E-state index is -0.0655. The quantitative estimate of drug-likeness (QED) is 0.903. The standard InChI is InChI=1S/C15H20N6OS/c1-2-4-13-19-20-15(23-13)18-14(22)11-5-3-8-21(10-11)12-9-16-6-7-17-12/h6-7,9,11H,2-5,8,10H2,1H3,(H,18,20,22)/t11-/m0/s1. The van der Waals surface area contributed by atoms with Crippen LogP contribution in [0.25, 0.3) is 0 Å². The molecule has 0 unspecified atom stereocenters. The molecule has 1 fully saturated rings. The van der Waals surface area contributed by atoms with Gasteiger partial charge in [0.05, 0.1) is 12.1 Å². The first-order chi connectivity index (χ1) is 11.3. The number of anilines is 2. The lowest BCUT2D eigenvalue weighted by atomic mass is 9.97. The third-order valence-electron chi connectivity index (χ3n) is 3.83. The summed E-state index contributed by atoms with van der Waals surface area (Å²) in [6.07, 6.45) is 8.84. The molecule has 0 spiro atoms. The molecule has 0 saturated carbocycles. The Morgan fingerprint density at radius 1 is 1.43 bits per heavy atom. The predicted octanol–water partition coefficient (Wildman–Crippen LogP) is 2.14. The Bertz CT molecular complexity index is 646. The van der Waals surface area contributed by atoms with Crippen molar-refractivity contribution in [2.45, 2.75) is 32.6 Å². The number of nitrogens with zero attached hydrogens (tertiary/aromatic N) is 5. The van der Waals surface area contributed by atoms with Gasteiger partial charge in [0.15, 0.2) is 0 Å². The van der Waals surface area contributed by atoms with Crippen LogP contribution in [0.1, 0.15) is 31.2 Å². The third kappa shape index (κ3) is 4.01. The number of carbonyl (C=O) groups is 1. The van der Waals surface area contributed by atoms with Crippen molar-refractivity contribution in [1.82, 2.24) is 20.2 Å². The van der Waals surface area contributed by atoms with Gasteiger partial charge in [-0.05, 0) is 19.3 Å². The van der Waals surface area contributed by atoms with Crippen molar-refractivity contribution in [3.8, 4) is 0 Å². The van der Waals surface area contributed by atoms with Gasteiger partial charge in [-0.25, -0.2) is 4.98 Å². The highest BCUT2D eigenvalue weighted by atomic mass is 32.1. The molecule has 0 bridgehead atoms. The van der Waals surface area contributed by atoms with Crippen molar-refractivity contribution in [3.05, 3.63) is 23.6 Å². The zero-order chi connectivity index (χ0) is 16.1. The van der Waals surface area contributed by atoms with Crippen LogP contribution in [0.2, 0.25) is 0 Å². The van der Waals surface area contributed by atoms with Crippen molar-refractivity contribution >= 4 is 28.2 Å². The molecular formula is C15H20N6OS. The Hall–Kier alpha value is -2.09. The fourth-order valence-electron chi connectivity index (χ4n) is 2.68. The number of aryl methyl sites for hydroxylation is 1. The second-order valence-corrected chi connectivity index (χ2v) is 6.65. The summed E-state index contributed by atoms with van der Waals surface area (Å²) in [6, 6.07) is 0. The molecule has 8 heteroatoms. The summed E-state index contributed by atoms with van der Waals surface area (Å²) in [4.78, 5) is 23.0. The second-order valence-electron chi connectivity index (χ2n) is 5.59. The van der Waals surface area contributed by atoms with E-state index in [9.17, 15) is 4.79 Å². The number of amides is 1. The first kappa shape index (κ1) is 15.8. The lowest BCUT2D eigenvalue weighted by molar-refractivity contribution is -0.120. The first-order valence-electron chi connectivity index (χ1n) is 7.90. The van der Waals surface area contributed by atoms with Gasteiger partial charge >= 0.3 is 0 Å². The van der Waals surface area contributed by atoms with Crippen LogP contribution < -0.4 is 10.2 Å². The van der Waals surface area contributed by atoms with Crippen LogP contribution in [0.15, 0.2) is 18.6 Å². The molecule has 1 atom stereocenters. The fourth-order valence-corrected chi connectivity index (χ4v) is 3.52. The van der Waals surface area contributed by atoms with Gasteiger partial charge in [-0.15, -0.1) is 10.2 Å². The van der Waals surface area contributed by atoms with E-state index in [0.29, 0.717) is 11.7 Å². The SMILES string of the molecule is CCCc1nnc(NC(=O)[C@H]2CCCN(c3cnccn3)C2)s1. The summed E-state index contributed by atoms with van der Waals surface area (Å²) in [5.74, 6) is 0.771. The highest BCUT2D eigenvalue weighted by molar-refractivity contribution is 7.15. The average molecular weight is 332 g/mol. The number of rotatable bonds is 5. The number of carbonyl (C=O) groups excluding carboxylic acids is 1. The molecule has 1 aliphatic rings. The minimum absolute atomic E-state index is 0.0118. The van der Waals surface area contributed by atoms with E-state index in [1.165, 1.54) is 11.3 Å². The zero-order valence-corrected chi connectivity index (χ0v) is 13.9. The molecule has 1 amide bonds. The lowest BCUT2D eigenvalue weighted by Crippen LogP contribution is -2.41. The molecule has 122 valence electrons. The van der Waals surface area contributed by atoms with Gasteiger partial charge in [0.1, 0.15) is 10.8 Å². The molecular weight excluding hydrogens is 312 g/mol. The molecule has 0 aliphatic carbocycles. The van der Waals surface area contributed by atoms with E-state index in [1.54, 1.807) is 18.6 Å².